The second kappa shape index (κ2) is 7.32. The van der Waals surface area contributed by atoms with Gasteiger partial charge in [0.2, 0.25) is 5.91 Å². The first-order valence-corrected chi connectivity index (χ1v) is 9.23. The Morgan fingerprint density at radius 3 is 2.21 bits per heavy atom. The molecule has 0 aliphatic heterocycles. The first kappa shape index (κ1) is 18.4. The number of carbonyl (C=O) groups is 1. The third-order valence-electron chi connectivity index (χ3n) is 3.81. The first-order valence-electron chi connectivity index (χ1n) is 7.20. The number of amides is 1. The fourth-order valence-corrected chi connectivity index (χ4v) is 3.54. The third kappa shape index (κ3) is 4.33. The van der Waals surface area contributed by atoms with Gasteiger partial charge in [0.15, 0.2) is 9.84 Å². The molecular formula is C17H17ClFNO3S. The Morgan fingerprint density at radius 2 is 1.67 bits per heavy atom. The predicted molar refractivity (Wildman–Crippen MR) is 91.1 cm³/mol. The van der Waals surface area contributed by atoms with E-state index in [2.05, 4.69) is 0 Å². The lowest BCUT2D eigenvalue weighted by Gasteiger charge is -2.25. The topological polar surface area (TPSA) is 54.5 Å². The van der Waals surface area contributed by atoms with Crippen LogP contribution in [-0.2, 0) is 14.6 Å². The van der Waals surface area contributed by atoms with Crippen molar-refractivity contribution in [3.8, 4) is 0 Å². The van der Waals surface area contributed by atoms with Gasteiger partial charge < -0.3 is 4.90 Å². The average molecular weight is 370 g/mol. The molecule has 0 bridgehead atoms. The molecule has 7 heteroatoms. The molecule has 0 heterocycles. The van der Waals surface area contributed by atoms with Crippen molar-refractivity contribution < 1.29 is 17.6 Å². The number of sulfone groups is 1. The number of benzene rings is 2. The van der Waals surface area contributed by atoms with Crippen molar-refractivity contribution >= 4 is 27.3 Å². The van der Waals surface area contributed by atoms with Gasteiger partial charge in [0.05, 0.1) is 10.9 Å². The smallest absolute Gasteiger partial charge is 0.238 e. The summed E-state index contributed by atoms with van der Waals surface area (Å²) in [6.07, 6.45) is 0. The summed E-state index contributed by atoms with van der Waals surface area (Å²) in [5, 5.41) is 0.419. The molecule has 128 valence electrons. The molecule has 2 aromatic carbocycles. The van der Waals surface area contributed by atoms with Crippen LogP contribution in [-0.4, -0.2) is 32.0 Å². The zero-order valence-electron chi connectivity index (χ0n) is 13.2. The Bertz CT molecular complexity index is 820. The standard InChI is InChI=1S/C17H17ClFNO3S/c1-12(13-3-7-15(19)8-4-13)20(2)17(21)11-24(22,23)16-9-5-14(18)6-10-16/h3-10,12H,11H2,1-2H3. The second-order valence-electron chi connectivity index (χ2n) is 5.45. The Morgan fingerprint density at radius 1 is 1.12 bits per heavy atom. The summed E-state index contributed by atoms with van der Waals surface area (Å²) in [6, 6.07) is 11.0. The van der Waals surface area contributed by atoms with Gasteiger partial charge in [-0.2, -0.15) is 0 Å². The average Bonchev–Trinajstić information content (AvgIpc) is 2.54. The highest BCUT2D eigenvalue weighted by Gasteiger charge is 2.24. The highest BCUT2D eigenvalue weighted by molar-refractivity contribution is 7.92. The van der Waals surface area contributed by atoms with Crippen LogP contribution in [0.1, 0.15) is 18.5 Å². The van der Waals surface area contributed by atoms with Crippen LogP contribution in [0, 0.1) is 5.82 Å². The van der Waals surface area contributed by atoms with Crippen LogP contribution in [0.3, 0.4) is 0 Å². The molecule has 0 fully saturated rings. The summed E-state index contributed by atoms with van der Waals surface area (Å²) in [5.41, 5.74) is 0.719. The van der Waals surface area contributed by atoms with Crippen molar-refractivity contribution in [2.45, 2.75) is 17.9 Å². The van der Waals surface area contributed by atoms with Gasteiger partial charge in [0.25, 0.3) is 0 Å². The van der Waals surface area contributed by atoms with Crippen LogP contribution >= 0.6 is 11.6 Å². The van der Waals surface area contributed by atoms with Gasteiger partial charge in [-0.05, 0) is 48.9 Å². The maximum absolute atomic E-state index is 13.0. The molecule has 0 spiro atoms. The number of hydrogen-bond acceptors (Lipinski definition) is 3. The Balaban J connectivity index is 2.13. The van der Waals surface area contributed by atoms with Gasteiger partial charge in [-0.3, -0.25) is 4.79 Å². The van der Waals surface area contributed by atoms with E-state index in [1.54, 1.807) is 19.1 Å². The van der Waals surface area contributed by atoms with E-state index in [0.717, 1.165) is 5.56 Å². The fourth-order valence-electron chi connectivity index (χ4n) is 2.17. The van der Waals surface area contributed by atoms with E-state index in [1.165, 1.54) is 48.3 Å². The van der Waals surface area contributed by atoms with E-state index in [-0.39, 0.29) is 16.8 Å². The van der Waals surface area contributed by atoms with Crippen molar-refractivity contribution in [1.29, 1.82) is 0 Å². The van der Waals surface area contributed by atoms with Gasteiger partial charge >= 0.3 is 0 Å². The maximum atomic E-state index is 13.0. The number of rotatable bonds is 5. The second-order valence-corrected chi connectivity index (χ2v) is 7.87. The Hall–Kier alpha value is -1.92. The molecule has 0 aliphatic carbocycles. The van der Waals surface area contributed by atoms with Crippen molar-refractivity contribution in [3.05, 3.63) is 64.9 Å². The van der Waals surface area contributed by atoms with Crippen molar-refractivity contribution in [2.75, 3.05) is 12.8 Å². The molecule has 0 aliphatic rings. The molecule has 0 aromatic heterocycles. The van der Waals surface area contributed by atoms with Crippen LogP contribution in [0.2, 0.25) is 5.02 Å². The molecule has 1 unspecified atom stereocenters. The minimum atomic E-state index is -3.75. The Labute approximate surface area is 145 Å². The number of carbonyl (C=O) groups excluding carboxylic acids is 1. The van der Waals surface area contributed by atoms with Crippen LogP contribution < -0.4 is 0 Å². The molecule has 2 aromatic rings. The molecule has 1 atom stereocenters. The maximum Gasteiger partial charge on any atom is 0.238 e. The molecule has 0 saturated heterocycles. The zero-order chi connectivity index (χ0) is 17.9. The first-order chi connectivity index (χ1) is 11.2. The molecular weight excluding hydrogens is 353 g/mol. The monoisotopic (exact) mass is 369 g/mol. The van der Waals surface area contributed by atoms with Crippen LogP contribution in [0.5, 0.6) is 0 Å². The van der Waals surface area contributed by atoms with Crippen LogP contribution in [0.15, 0.2) is 53.4 Å². The molecule has 1 amide bonds. The highest BCUT2D eigenvalue weighted by atomic mass is 35.5. The molecule has 0 N–H and O–H groups in total. The quantitative estimate of drug-likeness (QED) is 0.810. The molecule has 4 nitrogen and oxygen atoms in total. The lowest BCUT2D eigenvalue weighted by Crippen LogP contribution is -2.34. The minimum Gasteiger partial charge on any atom is -0.338 e. The molecule has 0 radical (unpaired) electrons. The van der Waals surface area contributed by atoms with E-state index in [1.807, 2.05) is 0 Å². The number of hydrogen-bond donors (Lipinski definition) is 0. The minimum absolute atomic E-state index is 0.0445. The van der Waals surface area contributed by atoms with Gasteiger partial charge in [-0.25, -0.2) is 12.8 Å². The zero-order valence-corrected chi connectivity index (χ0v) is 14.8. The van der Waals surface area contributed by atoms with Crippen molar-refractivity contribution in [2.24, 2.45) is 0 Å². The van der Waals surface area contributed by atoms with E-state index < -0.39 is 21.5 Å². The van der Waals surface area contributed by atoms with E-state index in [9.17, 15) is 17.6 Å². The van der Waals surface area contributed by atoms with E-state index >= 15 is 0 Å². The summed E-state index contributed by atoms with van der Waals surface area (Å²) in [4.78, 5) is 13.7. The van der Waals surface area contributed by atoms with Gasteiger partial charge in [0, 0.05) is 12.1 Å². The van der Waals surface area contributed by atoms with Crippen LogP contribution in [0.4, 0.5) is 4.39 Å². The van der Waals surface area contributed by atoms with Crippen molar-refractivity contribution in [3.63, 3.8) is 0 Å². The summed E-state index contributed by atoms with van der Waals surface area (Å²) in [5.74, 6) is -1.55. The SMILES string of the molecule is CC(c1ccc(F)cc1)N(C)C(=O)CS(=O)(=O)c1ccc(Cl)cc1. The van der Waals surface area contributed by atoms with E-state index in [0.29, 0.717) is 5.02 Å². The van der Waals surface area contributed by atoms with Crippen molar-refractivity contribution in [1.82, 2.24) is 4.90 Å². The Kier molecular flexibility index (Phi) is 5.62. The number of nitrogens with zero attached hydrogens (tertiary/aromatic N) is 1. The summed E-state index contributed by atoms with van der Waals surface area (Å²) >= 11 is 5.74. The van der Waals surface area contributed by atoms with E-state index in [4.69, 9.17) is 11.6 Å². The van der Waals surface area contributed by atoms with Crippen LogP contribution in [0.25, 0.3) is 0 Å². The summed E-state index contributed by atoms with van der Waals surface area (Å²) < 4.78 is 37.6. The van der Waals surface area contributed by atoms with Gasteiger partial charge in [0.1, 0.15) is 11.6 Å². The lowest BCUT2D eigenvalue weighted by molar-refractivity contribution is -0.129. The molecule has 2 rings (SSSR count). The normalized spacial score (nSPS) is 12.7. The lowest BCUT2D eigenvalue weighted by atomic mass is 10.1. The third-order valence-corrected chi connectivity index (χ3v) is 5.68. The molecule has 0 saturated carbocycles. The number of halogens is 2. The van der Waals surface area contributed by atoms with Gasteiger partial charge in [-0.1, -0.05) is 23.7 Å². The fraction of sp³-hybridized carbons (Fsp3) is 0.235. The highest BCUT2D eigenvalue weighted by Crippen LogP contribution is 2.21. The predicted octanol–water partition coefficient (Wildman–Crippen LogP) is 3.47. The molecule has 24 heavy (non-hydrogen) atoms. The van der Waals surface area contributed by atoms with Gasteiger partial charge in [-0.15, -0.1) is 0 Å². The largest absolute Gasteiger partial charge is 0.338 e. The summed E-state index contributed by atoms with van der Waals surface area (Å²) in [6.45, 7) is 1.75. The summed E-state index contributed by atoms with van der Waals surface area (Å²) in [7, 11) is -2.23.